The molecule has 20 heavy (non-hydrogen) atoms. The van der Waals surface area contributed by atoms with E-state index in [-0.39, 0.29) is 17.5 Å². The fourth-order valence-corrected chi connectivity index (χ4v) is 3.27. The van der Waals surface area contributed by atoms with E-state index in [9.17, 15) is 9.18 Å². The molecule has 1 aliphatic carbocycles. The highest BCUT2D eigenvalue weighted by Crippen LogP contribution is 2.29. The van der Waals surface area contributed by atoms with Crippen LogP contribution in [0.4, 0.5) is 4.39 Å². The number of hydrogen-bond donors (Lipinski definition) is 0. The number of hydrogen-bond acceptors (Lipinski definition) is 1. The van der Waals surface area contributed by atoms with Crippen molar-refractivity contribution in [2.45, 2.75) is 19.3 Å². The second-order valence-electron chi connectivity index (χ2n) is 5.25. The molecule has 0 atom stereocenters. The van der Waals surface area contributed by atoms with Crippen LogP contribution in [0.5, 0.6) is 0 Å². The minimum absolute atomic E-state index is 0.0596. The van der Waals surface area contributed by atoms with Crippen LogP contribution >= 0.6 is 15.9 Å². The second kappa shape index (κ2) is 5.49. The van der Waals surface area contributed by atoms with Crippen LogP contribution in [0.1, 0.15) is 16.7 Å². The molecule has 0 heterocycles. The van der Waals surface area contributed by atoms with E-state index in [4.69, 9.17) is 0 Å². The van der Waals surface area contributed by atoms with Crippen molar-refractivity contribution >= 4 is 21.7 Å². The number of carbonyl (C=O) groups is 1. The summed E-state index contributed by atoms with van der Waals surface area (Å²) >= 11 is 3.32. The number of Topliss-reactive ketones (excluding diaryl/α,β-unsaturated/α-hetero) is 1. The highest BCUT2D eigenvalue weighted by atomic mass is 79.9. The standard InChI is InChI=1S/C17H14BrFO/c18-16-10-15(19)6-5-13(16)9-17(20)14-7-11-3-1-2-4-12(11)8-14/h1-6,10,14H,7-9H2. The summed E-state index contributed by atoms with van der Waals surface area (Å²) in [6, 6.07) is 12.7. The Morgan fingerprint density at radius 2 is 1.80 bits per heavy atom. The van der Waals surface area contributed by atoms with E-state index in [1.165, 1.54) is 23.3 Å². The molecule has 3 heteroatoms. The monoisotopic (exact) mass is 332 g/mol. The molecule has 3 rings (SSSR count). The molecule has 0 amide bonds. The summed E-state index contributed by atoms with van der Waals surface area (Å²) < 4.78 is 13.7. The van der Waals surface area contributed by atoms with E-state index >= 15 is 0 Å². The zero-order chi connectivity index (χ0) is 14.1. The normalized spacial score (nSPS) is 14.3. The molecule has 0 aromatic heterocycles. The minimum Gasteiger partial charge on any atom is -0.299 e. The summed E-state index contributed by atoms with van der Waals surface area (Å²) in [5, 5.41) is 0. The van der Waals surface area contributed by atoms with Gasteiger partial charge in [0.1, 0.15) is 11.6 Å². The SMILES string of the molecule is O=C(Cc1ccc(F)cc1Br)C1Cc2ccccc2C1. The average molecular weight is 333 g/mol. The van der Waals surface area contributed by atoms with E-state index in [0.717, 1.165) is 18.4 Å². The van der Waals surface area contributed by atoms with Crippen LogP contribution in [0.15, 0.2) is 46.9 Å². The van der Waals surface area contributed by atoms with Crippen molar-refractivity contribution in [3.63, 3.8) is 0 Å². The third kappa shape index (κ3) is 2.68. The van der Waals surface area contributed by atoms with Crippen LogP contribution in [-0.2, 0) is 24.1 Å². The molecular weight excluding hydrogens is 319 g/mol. The van der Waals surface area contributed by atoms with Crippen LogP contribution in [0.2, 0.25) is 0 Å². The van der Waals surface area contributed by atoms with Crippen molar-refractivity contribution in [2.24, 2.45) is 5.92 Å². The predicted octanol–water partition coefficient (Wildman–Crippen LogP) is 4.11. The number of carbonyl (C=O) groups excluding carboxylic acids is 1. The molecule has 0 N–H and O–H groups in total. The van der Waals surface area contributed by atoms with Crippen molar-refractivity contribution < 1.29 is 9.18 Å². The Hall–Kier alpha value is -1.48. The van der Waals surface area contributed by atoms with Crippen LogP contribution in [-0.4, -0.2) is 5.78 Å². The zero-order valence-electron chi connectivity index (χ0n) is 10.9. The third-order valence-corrected chi connectivity index (χ3v) is 4.62. The molecule has 0 bridgehead atoms. The minimum atomic E-state index is -0.290. The van der Waals surface area contributed by atoms with Gasteiger partial charge >= 0.3 is 0 Å². The summed E-state index contributed by atoms with van der Waals surface area (Å²) in [4.78, 5) is 12.4. The molecule has 0 unspecified atom stereocenters. The van der Waals surface area contributed by atoms with E-state index in [1.54, 1.807) is 6.07 Å². The number of benzene rings is 2. The topological polar surface area (TPSA) is 17.1 Å². The van der Waals surface area contributed by atoms with Crippen LogP contribution in [0, 0.1) is 11.7 Å². The van der Waals surface area contributed by atoms with Crippen molar-refractivity contribution in [1.82, 2.24) is 0 Å². The van der Waals surface area contributed by atoms with Gasteiger partial charge in [-0.05, 0) is 41.7 Å². The highest BCUT2D eigenvalue weighted by Gasteiger charge is 2.27. The maximum atomic E-state index is 13.1. The van der Waals surface area contributed by atoms with E-state index in [0.29, 0.717) is 10.9 Å². The van der Waals surface area contributed by atoms with Gasteiger partial charge in [0.15, 0.2) is 0 Å². The molecule has 2 aromatic carbocycles. The summed E-state index contributed by atoms with van der Waals surface area (Å²) in [6.07, 6.45) is 2.02. The van der Waals surface area contributed by atoms with Crippen molar-refractivity contribution in [1.29, 1.82) is 0 Å². The molecule has 2 aromatic rings. The maximum Gasteiger partial charge on any atom is 0.141 e. The molecule has 0 spiro atoms. The first kappa shape index (κ1) is 13.5. The van der Waals surface area contributed by atoms with Gasteiger partial charge in [0.05, 0.1) is 0 Å². The molecule has 1 nitrogen and oxygen atoms in total. The Labute approximate surface area is 126 Å². The first-order valence-electron chi connectivity index (χ1n) is 6.67. The van der Waals surface area contributed by atoms with Crippen LogP contribution in [0.25, 0.3) is 0 Å². The van der Waals surface area contributed by atoms with Crippen LogP contribution in [0.3, 0.4) is 0 Å². The van der Waals surface area contributed by atoms with E-state index in [1.807, 2.05) is 12.1 Å². The lowest BCUT2D eigenvalue weighted by Gasteiger charge is -2.09. The first-order valence-corrected chi connectivity index (χ1v) is 7.46. The van der Waals surface area contributed by atoms with Crippen molar-refractivity contribution in [3.05, 3.63) is 69.4 Å². The summed E-state index contributed by atoms with van der Waals surface area (Å²) in [5.41, 5.74) is 3.42. The van der Waals surface area contributed by atoms with Crippen molar-refractivity contribution in [2.75, 3.05) is 0 Å². The van der Waals surface area contributed by atoms with Gasteiger partial charge in [-0.25, -0.2) is 4.39 Å². The lowest BCUT2D eigenvalue weighted by Crippen LogP contribution is -2.17. The molecule has 0 radical (unpaired) electrons. The largest absolute Gasteiger partial charge is 0.299 e. The Balaban J connectivity index is 1.72. The summed E-state index contributed by atoms with van der Waals surface area (Å²) in [5.74, 6) is -0.000735. The highest BCUT2D eigenvalue weighted by molar-refractivity contribution is 9.10. The van der Waals surface area contributed by atoms with Crippen LogP contribution < -0.4 is 0 Å². The lowest BCUT2D eigenvalue weighted by atomic mass is 9.95. The zero-order valence-corrected chi connectivity index (χ0v) is 12.5. The van der Waals surface area contributed by atoms with Gasteiger partial charge in [-0.3, -0.25) is 4.79 Å². The molecule has 0 aliphatic heterocycles. The molecular formula is C17H14BrFO. The second-order valence-corrected chi connectivity index (χ2v) is 6.11. The molecule has 1 aliphatic rings. The van der Waals surface area contributed by atoms with Gasteiger partial charge < -0.3 is 0 Å². The third-order valence-electron chi connectivity index (χ3n) is 3.89. The first-order chi connectivity index (χ1) is 9.63. The van der Waals surface area contributed by atoms with Gasteiger partial charge in [-0.15, -0.1) is 0 Å². The fraction of sp³-hybridized carbons (Fsp3) is 0.235. The van der Waals surface area contributed by atoms with Gasteiger partial charge in [0.2, 0.25) is 0 Å². The quantitative estimate of drug-likeness (QED) is 0.826. The number of fused-ring (bicyclic) bond motifs is 1. The molecule has 0 saturated heterocycles. The Morgan fingerprint density at radius 1 is 1.15 bits per heavy atom. The van der Waals surface area contributed by atoms with Gasteiger partial charge in [0, 0.05) is 16.8 Å². The number of halogens is 2. The van der Waals surface area contributed by atoms with Gasteiger partial charge in [-0.2, -0.15) is 0 Å². The Morgan fingerprint density at radius 3 is 2.40 bits per heavy atom. The maximum absolute atomic E-state index is 13.1. The van der Waals surface area contributed by atoms with E-state index < -0.39 is 0 Å². The Kier molecular flexibility index (Phi) is 3.70. The van der Waals surface area contributed by atoms with Crippen molar-refractivity contribution in [3.8, 4) is 0 Å². The van der Waals surface area contributed by atoms with Gasteiger partial charge in [-0.1, -0.05) is 46.3 Å². The number of ketones is 1. The smallest absolute Gasteiger partial charge is 0.141 e. The molecule has 0 saturated carbocycles. The molecule has 0 fully saturated rings. The van der Waals surface area contributed by atoms with Gasteiger partial charge in [0.25, 0.3) is 0 Å². The lowest BCUT2D eigenvalue weighted by molar-refractivity contribution is -0.121. The predicted molar refractivity (Wildman–Crippen MR) is 80.2 cm³/mol. The average Bonchev–Trinajstić information content (AvgIpc) is 2.86. The summed E-state index contributed by atoms with van der Waals surface area (Å²) in [7, 11) is 0. The number of rotatable bonds is 3. The molecule has 102 valence electrons. The van der Waals surface area contributed by atoms with E-state index in [2.05, 4.69) is 28.1 Å². The Bertz CT molecular complexity index is 641. The fourth-order valence-electron chi connectivity index (χ4n) is 2.78. The summed E-state index contributed by atoms with van der Waals surface area (Å²) in [6.45, 7) is 0.